The maximum atomic E-state index is 12.4. The van der Waals surface area contributed by atoms with E-state index in [1.165, 1.54) is 7.11 Å². The Morgan fingerprint density at radius 1 is 1.17 bits per heavy atom. The Kier molecular flexibility index (Phi) is 7.66. The van der Waals surface area contributed by atoms with Gasteiger partial charge >= 0.3 is 0 Å². The molecule has 1 aliphatic rings. The number of nitrogens with one attached hydrogen (secondary N) is 2. The lowest BCUT2D eigenvalue weighted by Gasteiger charge is -2.31. The molecule has 0 saturated heterocycles. The minimum atomic E-state index is -0.790. The summed E-state index contributed by atoms with van der Waals surface area (Å²) in [6.45, 7) is 1.67. The zero-order valence-electron chi connectivity index (χ0n) is 14.1. The van der Waals surface area contributed by atoms with E-state index in [2.05, 4.69) is 10.6 Å². The van der Waals surface area contributed by atoms with Gasteiger partial charge in [0.1, 0.15) is 6.10 Å². The summed E-state index contributed by atoms with van der Waals surface area (Å²) < 4.78 is 4.97. The number of carbonyl (C=O) groups is 2. The summed E-state index contributed by atoms with van der Waals surface area (Å²) in [5.41, 5.74) is 6.66. The van der Waals surface area contributed by atoms with E-state index in [-0.39, 0.29) is 24.2 Å². The summed E-state index contributed by atoms with van der Waals surface area (Å²) in [6, 6.07) is 7.02. The van der Waals surface area contributed by atoms with Crippen molar-refractivity contribution < 1.29 is 14.3 Å². The molecule has 6 nitrogen and oxygen atoms in total. The molecule has 134 valence electrons. The Bertz CT molecular complexity index is 574. The second kappa shape index (κ2) is 9.01. The number of methoxy groups -OCH3 is 1. The van der Waals surface area contributed by atoms with Gasteiger partial charge in [-0.3, -0.25) is 9.59 Å². The van der Waals surface area contributed by atoms with Crippen molar-refractivity contribution in [2.45, 2.75) is 50.7 Å². The Hall–Kier alpha value is -1.63. The molecule has 0 aliphatic heterocycles. The number of ether oxygens (including phenoxy) is 1. The zero-order valence-corrected chi connectivity index (χ0v) is 14.9. The van der Waals surface area contributed by atoms with Crippen molar-refractivity contribution in [3.63, 3.8) is 0 Å². The lowest BCUT2D eigenvalue weighted by Crippen LogP contribution is -2.52. The van der Waals surface area contributed by atoms with Crippen LogP contribution in [0.1, 0.15) is 39.0 Å². The minimum Gasteiger partial charge on any atom is -0.372 e. The first-order valence-corrected chi connectivity index (χ1v) is 7.99. The summed E-state index contributed by atoms with van der Waals surface area (Å²) >= 11 is 0. The standard InChI is InChI=1S/C17H25N3O3.ClH/c1-12(23-2)15(21)19-13-7-6-8-14(11-13)20-16(22)17(18)9-4-3-5-10-17;/h6-8,11-12H,3-5,9-10,18H2,1-2H3,(H,19,21)(H,20,22);1H. The molecule has 24 heavy (non-hydrogen) atoms. The highest BCUT2D eigenvalue weighted by Gasteiger charge is 2.35. The van der Waals surface area contributed by atoms with Crippen molar-refractivity contribution in [2.24, 2.45) is 5.73 Å². The molecule has 4 N–H and O–H groups in total. The van der Waals surface area contributed by atoms with Crippen LogP contribution < -0.4 is 16.4 Å². The molecule has 0 bridgehead atoms. The lowest BCUT2D eigenvalue weighted by molar-refractivity contribution is -0.124. The molecule has 0 aromatic heterocycles. The third-order valence-corrected chi connectivity index (χ3v) is 4.31. The minimum absolute atomic E-state index is 0. The van der Waals surface area contributed by atoms with Crippen LogP contribution in [-0.2, 0) is 14.3 Å². The number of anilines is 2. The number of hydrogen-bond donors (Lipinski definition) is 3. The molecule has 1 aliphatic carbocycles. The van der Waals surface area contributed by atoms with Crippen LogP contribution in [0.5, 0.6) is 0 Å². The van der Waals surface area contributed by atoms with E-state index >= 15 is 0 Å². The second-order valence-electron chi connectivity index (χ2n) is 6.12. The fraction of sp³-hybridized carbons (Fsp3) is 0.529. The predicted octanol–water partition coefficient (Wildman–Crippen LogP) is 2.68. The average molecular weight is 356 g/mol. The van der Waals surface area contributed by atoms with Crippen LogP contribution in [-0.4, -0.2) is 30.6 Å². The molecule has 2 rings (SSSR count). The lowest BCUT2D eigenvalue weighted by atomic mass is 9.82. The van der Waals surface area contributed by atoms with Crippen molar-refractivity contribution in [3.8, 4) is 0 Å². The molecule has 0 spiro atoms. The number of rotatable bonds is 5. The molecule has 1 fully saturated rings. The Morgan fingerprint density at radius 3 is 2.33 bits per heavy atom. The van der Waals surface area contributed by atoms with Gasteiger partial charge in [0.05, 0.1) is 5.54 Å². The molecule has 7 heteroatoms. The topological polar surface area (TPSA) is 93.5 Å². The highest BCUT2D eigenvalue weighted by Crippen LogP contribution is 2.27. The van der Waals surface area contributed by atoms with E-state index in [0.29, 0.717) is 24.2 Å². The fourth-order valence-electron chi connectivity index (χ4n) is 2.69. The van der Waals surface area contributed by atoms with Crippen molar-refractivity contribution >= 4 is 35.6 Å². The van der Waals surface area contributed by atoms with Crippen LogP contribution in [0.15, 0.2) is 24.3 Å². The third kappa shape index (κ3) is 5.19. The first-order chi connectivity index (χ1) is 10.9. The molecule has 0 radical (unpaired) electrons. The van der Waals surface area contributed by atoms with Gasteiger partial charge in [-0.15, -0.1) is 12.4 Å². The summed E-state index contributed by atoms with van der Waals surface area (Å²) in [4.78, 5) is 24.3. The normalized spacial score (nSPS) is 17.3. The summed E-state index contributed by atoms with van der Waals surface area (Å²) in [6.07, 6.45) is 3.97. The van der Waals surface area contributed by atoms with E-state index in [1.807, 2.05) is 0 Å². The van der Waals surface area contributed by atoms with E-state index in [0.717, 1.165) is 19.3 Å². The van der Waals surface area contributed by atoms with Crippen molar-refractivity contribution in [1.29, 1.82) is 0 Å². The zero-order chi connectivity index (χ0) is 16.9. The van der Waals surface area contributed by atoms with Gasteiger partial charge in [-0.2, -0.15) is 0 Å². The number of nitrogens with two attached hydrogens (primary N) is 1. The van der Waals surface area contributed by atoms with Crippen LogP contribution >= 0.6 is 12.4 Å². The Labute approximate surface area is 148 Å². The van der Waals surface area contributed by atoms with Crippen LogP contribution in [0.25, 0.3) is 0 Å². The average Bonchev–Trinajstić information content (AvgIpc) is 2.55. The number of amides is 2. The number of halogens is 1. The van der Waals surface area contributed by atoms with Crippen molar-refractivity contribution in [1.82, 2.24) is 0 Å². The SMILES string of the molecule is COC(C)C(=O)Nc1cccc(NC(=O)C2(N)CCCCC2)c1.Cl. The molecular formula is C17H26ClN3O3. The van der Waals surface area contributed by atoms with Crippen LogP contribution in [0, 0.1) is 0 Å². The molecule has 1 atom stereocenters. The van der Waals surface area contributed by atoms with Gasteiger partial charge < -0.3 is 21.1 Å². The monoisotopic (exact) mass is 355 g/mol. The van der Waals surface area contributed by atoms with E-state index < -0.39 is 11.6 Å². The van der Waals surface area contributed by atoms with Crippen LogP contribution in [0.3, 0.4) is 0 Å². The van der Waals surface area contributed by atoms with Gasteiger partial charge in [0.2, 0.25) is 5.91 Å². The van der Waals surface area contributed by atoms with Gasteiger partial charge in [0.15, 0.2) is 0 Å². The molecule has 0 heterocycles. The maximum Gasteiger partial charge on any atom is 0.253 e. The second-order valence-corrected chi connectivity index (χ2v) is 6.12. The van der Waals surface area contributed by atoms with Gasteiger partial charge in [0.25, 0.3) is 5.91 Å². The number of carbonyl (C=O) groups excluding carboxylic acids is 2. The van der Waals surface area contributed by atoms with Crippen LogP contribution in [0.4, 0.5) is 11.4 Å². The molecule has 1 unspecified atom stereocenters. The molecular weight excluding hydrogens is 330 g/mol. The summed E-state index contributed by atoms with van der Waals surface area (Å²) in [5.74, 6) is -0.399. The fourth-order valence-corrected chi connectivity index (χ4v) is 2.69. The number of hydrogen-bond acceptors (Lipinski definition) is 4. The largest absolute Gasteiger partial charge is 0.372 e. The number of benzene rings is 1. The Morgan fingerprint density at radius 2 is 1.75 bits per heavy atom. The van der Waals surface area contributed by atoms with E-state index in [1.54, 1.807) is 31.2 Å². The van der Waals surface area contributed by atoms with Crippen LogP contribution in [0.2, 0.25) is 0 Å². The predicted molar refractivity (Wildman–Crippen MR) is 97.4 cm³/mol. The maximum absolute atomic E-state index is 12.4. The summed E-state index contributed by atoms with van der Waals surface area (Å²) in [7, 11) is 1.48. The van der Waals surface area contributed by atoms with Gasteiger partial charge in [-0.05, 0) is 38.0 Å². The highest BCUT2D eigenvalue weighted by molar-refractivity contribution is 5.99. The van der Waals surface area contributed by atoms with Gasteiger partial charge in [-0.1, -0.05) is 25.3 Å². The van der Waals surface area contributed by atoms with Crippen molar-refractivity contribution in [3.05, 3.63) is 24.3 Å². The molecule has 2 amide bonds. The third-order valence-electron chi connectivity index (χ3n) is 4.31. The first-order valence-electron chi connectivity index (χ1n) is 7.99. The quantitative estimate of drug-likeness (QED) is 0.757. The highest BCUT2D eigenvalue weighted by atomic mass is 35.5. The molecule has 1 aromatic rings. The van der Waals surface area contributed by atoms with E-state index in [4.69, 9.17) is 10.5 Å². The first kappa shape index (κ1) is 20.4. The van der Waals surface area contributed by atoms with Gasteiger partial charge in [-0.25, -0.2) is 0 Å². The van der Waals surface area contributed by atoms with Gasteiger partial charge in [0, 0.05) is 18.5 Å². The Balaban J connectivity index is 0.00000288. The molecule has 1 saturated carbocycles. The smallest absolute Gasteiger partial charge is 0.253 e. The van der Waals surface area contributed by atoms with Crippen molar-refractivity contribution in [2.75, 3.05) is 17.7 Å². The summed E-state index contributed by atoms with van der Waals surface area (Å²) in [5, 5.41) is 5.61. The van der Waals surface area contributed by atoms with E-state index in [9.17, 15) is 9.59 Å². The molecule has 1 aromatic carbocycles.